The zero-order chi connectivity index (χ0) is 22.8. The number of hydrogen-bond acceptors (Lipinski definition) is 2. The first-order valence-corrected chi connectivity index (χ1v) is 12.3. The van der Waals surface area contributed by atoms with Crippen LogP contribution in [0, 0.1) is 11.6 Å². The summed E-state index contributed by atoms with van der Waals surface area (Å²) >= 11 is 0. The van der Waals surface area contributed by atoms with Gasteiger partial charge in [0.25, 0.3) is 0 Å². The van der Waals surface area contributed by atoms with Gasteiger partial charge >= 0.3 is 0 Å². The van der Waals surface area contributed by atoms with Gasteiger partial charge in [-0.2, -0.15) is 0 Å². The van der Waals surface area contributed by atoms with Gasteiger partial charge in [0.2, 0.25) is 5.91 Å². The Morgan fingerprint density at radius 2 is 1.52 bits per heavy atom. The van der Waals surface area contributed by atoms with E-state index in [-0.39, 0.29) is 12.5 Å². The Labute approximate surface area is 193 Å². The monoisotopic (exact) mass is 451 g/mol. The Balaban J connectivity index is 1.52. The maximum Gasteiger partial charge on any atom is 0.243 e. The Kier molecular flexibility index (Phi) is 6.43. The van der Waals surface area contributed by atoms with Crippen molar-refractivity contribution in [2.45, 2.75) is 82.8 Å². The van der Waals surface area contributed by atoms with Crippen molar-refractivity contribution in [3.05, 3.63) is 54.1 Å². The number of benzene rings is 2. The molecule has 0 spiro atoms. The van der Waals surface area contributed by atoms with Crippen molar-refractivity contribution in [2.75, 3.05) is 0 Å². The SMILES string of the molecule is O=C(Cn1c(-c2ccc(F)c(F)c2)nc2ccccc21)N(C1CCCCC1)C1CCCCC1. The second-order valence-electron chi connectivity index (χ2n) is 9.52. The van der Waals surface area contributed by atoms with E-state index >= 15 is 0 Å². The molecule has 0 saturated heterocycles. The molecule has 2 saturated carbocycles. The highest BCUT2D eigenvalue weighted by Crippen LogP contribution is 2.32. The van der Waals surface area contributed by atoms with Gasteiger partial charge in [-0.1, -0.05) is 50.7 Å². The van der Waals surface area contributed by atoms with Gasteiger partial charge in [-0.15, -0.1) is 0 Å². The van der Waals surface area contributed by atoms with Crippen molar-refractivity contribution in [1.82, 2.24) is 14.5 Å². The summed E-state index contributed by atoms with van der Waals surface area (Å²) in [6.07, 6.45) is 11.5. The first-order valence-electron chi connectivity index (χ1n) is 12.3. The molecule has 2 fully saturated rings. The lowest BCUT2D eigenvalue weighted by atomic mass is 9.88. The summed E-state index contributed by atoms with van der Waals surface area (Å²) in [6, 6.07) is 12.0. The van der Waals surface area contributed by atoms with Gasteiger partial charge in [0.15, 0.2) is 11.6 Å². The zero-order valence-corrected chi connectivity index (χ0v) is 19.0. The average Bonchev–Trinajstić information content (AvgIpc) is 3.21. The minimum Gasteiger partial charge on any atom is -0.335 e. The fourth-order valence-electron chi connectivity index (χ4n) is 5.73. The van der Waals surface area contributed by atoms with Crippen LogP contribution in [0.3, 0.4) is 0 Å². The summed E-state index contributed by atoms with van der Waals surface area (Å²) < 4.78 is 29.5. The second kappa shape index (κ2) is 9.62. The van der Waals surface area contributed by atoms with Crippen molar-refractivity contribution < 1.29 is 13.6 Å². The summed E-state index contributed by atoms with van der Waals surface area (Å²) in [5.41, 5.74) is 2.05. The molecule has 2 aliphatic rings. The number of fused-ring (bicyclic) bond motifs is 1. The number of imidazole rings is 1. The van der Waals surface area contributed by atoms with Gasteiger partial charge in [0.05, 0.1) is 11.0 Å². The van der Waals surface area contributed by atoms with Crippen LogP contribution in [-0.2, 0) is 11.3 Å². The minimum atomic E-state index is -0.913. The molecule has 4 nitrogen and oxygen atoms in total. The highest BCUT2D eigenvalue weighted by atomic mass is 19.2. The van der Waals surface area contributed by atoms with Crippen LogP contribution >= 0.6 is 0 Å². The van der Waals surface area contributed by atoms with E-state index in [4.69, 9.17) is 4.98 Å². The first kappa shape index (κ1) is 22.1. The first-order chi connectivity index (χ1) is 16.1. The summed E-state index contributed by atoms with van der Waals surface area (Å²) in [5.74, 6) is -1.20. The van der Waals surface area contributed by atoms with Gasteiger partial charge < -0.3 is 9.47 Å². The standard InChI is InChI=1S/C27H31F2N3O/c28-22-16-15-19(17-23(22)29)27-30-24-13-7-8-14-25(24)31(27)18-26(33)32(20-9-3-1-4-10-20)21-11-5-2-6-12-21/h7-8,13-17,20-21H,1-6,9-12,18H2. The predicted octanol–water partition coefficient (Wildman–Crippen LogP) is 6.48. The molecule has 0 unspecified atom stereocenters. The largest absolute Gasteiger partial charge is 0.335 e. The van der Waals surface area contributed by atoms with Crippen molar-refractivity contribution in [2.24, 2.45) is 0 Å². The molecule has 0 aliphatic heterocycles. The lowest BCUT2D eigenvalue weighted by molar-refractivity contribution is -0.138. The number of carbonyl (C=O) groups is 1. The fraction of sp³-hybridized carbons (Fsp3) is 0.481. The molecule has 0 N–H and O–H groups in total. The zero-order valence-electron chi connectivity index (χ0n) is 19.0. The summed E-state index contributed by atoms with van der Waals surface area (Å²) in [5, 5.41) is 0. The van der Waals surface area contributed by atoms with E-state index in [2.05, 4.69) is 4.90 Å². The Morgan fingerprint density at radius 1 is 0.879 bits per heavy atom. The van der Waals surface area contributed by atoms with Crippen LogP contribution in [-0.4, -0.2) is 32.4 Å². The quantitative estimate of drug-likeness (QED) is 0.446. The number of hydrogen-bond donors (Lipinski definition) is 0. The van der Waals surface area contributed by atoms with Crippen LogP contribution < -0.4 is 0 Å². The highest BCUT2D eigenvalue weighted by molar-refractivity contribution is 5.84. The van der Waals surface area contributed by atoms with Gasteiger partial charge in [0, 0.05) is 17.6 Å². The lowest BCUT2D eigenvalue weighted by Crippen LogP contribution is -2.50. The number of aromatic nitrogens is 2. The predicted molar refractivity (Wildman–Crippen MR) is 126 cm³/mol. The molecule has 1 amide bonds. The Bertz CT molecular complexity index is 1110. The molecule has 3 aromatic rings. The Hall–Kier alpha value is -2.76. The molecule has 2 aliphatic carbocycles. The third kappa shape index (κ3) is 4.53. The average molecular weight is 452 g/mol. The van der Waals surface area contributed by atoms with Crippen LogP contribution in [0.1, 0.15) is 64.2 Å². The van der Waals surface area contributed by atoms with E-state index in [0.29, 0.717) is 23.5 Å². The molecule has 6 heteroatoms. The minimum absolute atomic E-state index is 0.112. The van der Waals surface area contributed by atoms with Crippen molar-refractivity contribution >= 4 is 16.9 Å². The van der Waals surface area contributed by atoms with Gasteiger partial charge in [-0.05, 0) is 56.0 Å². The van der Waals surface area contributed by atoms with Crippen LogP contribution in [0.25, 0.3) is 22.4 Å². The van der Waals surface area contributed by atoms with Gasteiger partial charge in [-0.25, -0.2) is 13.8 Å². The molecule has 1 aromatic heterocycles. The fourth-order valence-corrected chi connectivity index (χ4v) is 5.73. The van der Waals surface area contributed by atoms with E-state index in [0.717, 1.165) is 48.8 Å². The number of amides is 1. The smallest absolute Gasteiger partial charge is 0.243 e. The molecular formula is C27H31F2N3O. The Morgan fingerprint density at radius 3 is 2.15 bits per heavy atom. The van der Waals surface area contributed by atoms with E-state index in [1.54, 1.807) is 0 Å². The van der Waals surface area contributed by atoms with Crippen molar-refractivity contribution in [3.63, 3.8) is 0 Å². The van der Waals surface area contributed by atoms with E-state index in [1.807, 2.05) is 28.8 Å². The highest BCUT2D eigenvalue weighted by Gasteiger charge is 2.33. The number of para-hydroxylation sites is 2. The summed E-state index contributed by atoms with van der Waals surface area (Å²) in [7, 11) is 0. The van der Waals surface area contributed by atoms with E-state index in [9.17, 15) is 13.6 Å². The normalized spacial score (nSPS) is 18.0. The number of rotatable bonds is 5. The van der Waals surface area contributed by atoms with Crippen molar-refractivity contribution in [1.29, 1.82) is 0 Å². The molecule has 174 valence electrons. The van der Waals surface area contributed by atoms with Gasteiger partial charge in [-0.3, -0.25) is 4.79 Å². The second-order valence-corrected chi connectivity index (χ2v) is 9.52. The number of halogens is 2. The van der Waals surface area contributed by atoms with Crippen LogP contribution in [0.4, 0.5) is 8.78 Å². The van der Waals surface area contributed by atoms with Gasteiger partial charge in [0.1, 0.15) is 12.4 Å². The molecule has 0 bridgehead atoms. The molecule has 5 rings (SSSR count). The maximum atomic E-state index is 14.0. The summed E-state index contributed by atoms with van der Waals surface area (Å²) in [4.78, 5) is 20.8. The third-order valence-electron chi connectivity index (χ3n) is 7.35. The van der Waals surface area contributed by atoms with Crippen molar-refractivity contribution in [3.8, 4) is 11.4 Å². The summed E-state index contributed by atoms with van der Waals surface area (Å²) in [6.45, 7) is 0.155. The molecule has 0 radical (unpaired) electrons. The van der Waals surface area contributed by atoms with Crippen LogP contribution in [0.15, 0.2) is 42.5 Å². The molecular weight excluding hydrogens is 420 g/mol. The third-order valence-corrected chi connectivity index (χ3v) is 7.35. The lowest BCUT2D eigenvalue weighted by Gasteiger charge is -2.42. The number of carbonyl (C=O) groups excluding carboxylic acids is 1. The molecule has 33 heavy (non-hydrogen) atoms. The van der Waals surface area contributed by atoms with Crippen LogP contribution in [0.2, 0.25) is 0 Å². The molecule has 1 heterocycles. The van der Waals surface area contributed by atoms with E-state index < -0.39 is 11.6 Å². The molecule has 0 atom stereocenters. The molecule has 2 aromatic carbocycles. The topological polar surface area (TPSA) is 38.1 Å². The number of nitrogens with zero attached hydrogens (tertiary/aromatic N) is 3. The van der Waals surface area contributed by atoms with Crippen LogP contribution in [0.5, 0.6) is 0 Å². The maximum absolute atomic E-state index is 14.0. The van der Waals surface area contributed by atoms with E-state index in [1.165, 1.54) is 44.6 Å².